The summed E-state index contributed by atoms with van der Waals surface area (Å²) in [5.74, 6) is 0.671. The molecular weight excluding hydrogens is 448 g/mol. The van der Waals surface area contributed by atoms with Gasteiger partial charge in [-0.25, -0.2) is 4.79 Å². The van der Waals surface area contributed by atoms with Crippen molar-refractivity contribution in [1.82, 2.24) is 10.2 Å². The van der Waals surface area contributed by atoms with Gasteiger partial charge in [0.15, 0.2) is 0 Å². The minimum absolute atomic E-state index is 0.170. The van der Waals surface area contributed by atoms with E-state index in [0.717, 1.165) is 17.1 Å². The first-order chi connectivity index (χ1) is 15.4. The number of aryl methyl sites for hydroxylation is 1. The molecule has 2 aliphatic rings. The largest absolute Gasteiger partial charge is 0.480 e. The smallest absolute Gasteiger partial charge is 0.326 e. The third-order valence-corrected chi connectivity index (χ3v) is 9.27. The first kappa shape index (κ1) is 24.9. The number of carbonyl (C=O) groups excluding carboxylic acids is 2. The molecule has 9 heteroatoms. The molecule has 0 saturated carbocycles. The number of nitrogens with one attached hydrogen (secondary N) is 1. The molecule has 0 radical (unpaired) electrons. The van der Waals surface area contributed by atoms with Crippen LogP contribution in [0.15, 0.2) is 30.3 Å². The first-order valence-corrected chi connectivity index (χ1v) is 13.2. The molecule has 2 N–H and O–H groups in total. The molecule has 1 unspecified atom stereocenters. The Labute approximate surface area is 198 Å². The van der Waals surface area contributed by atoms with Crippen molar-refractivity contribution in [3.63, 3.8) is 0 Å². The number of hydrogen-bond donors (Lipinski definition) is 2. The molecule has 176 valence electrons. The van der Waals surface area contributed by atoms with E-state index in [1.165, 1.54) is 4.90 Å². The van der Waals surface area contributed by atoms with Gasteiger partial charge < -0.3 is 14.7 Å². The van der Waals surface area contributed by atoms with Crippen LogP contribution < -0.4 is 5.32 Å². The zero-order chi connectivity index (χ0) is 23.1. The number of likely N-dealkylation sites (tertiary alicyclic amines) is 1. The molecule has 1 amide bonds. The molecule has 0 aliphatic carbocycles. The van der Waals surface area contributed by atoms with Crippen molar-refractivity contribution in [1.29, 1.82) is 0 Å². The van der Waals surface area contributed by atoms with Crippen LogP contribution in [0, 0.1) is 5.92 Å². The second-order valence-electron chi connectivity index (χ2n) is 8.17. The summed E-state index contributed by atoms with van der Waals surface area (Å²) in [4.78, 5) is 39.1. The fourth-order valence-corrected chi connectivity index (χ4v) is 7.42. The van der Waals surface area contributed by atoms with Gasteiger partial charge in [0, 0.05) is 24.0 Å². The maximum Gasteiger partial charge on any atom is 0.326 e. The highest BCUT2D eigenvalue weighted by molar-refractivity contribution is 8.20. The van der Waals surface area contributed by atoms with Crippen LogP contribution in [-0.2, 0) is 25.5 Å². The maximum atomic E-state index is 13.2. The summed E-state index contributed by atoms with van der Waals surface area (Å²) in [6.45, 7) is 4.15. The van der Waals surface area contributed by atoms with E-state index in [4.69, 9.17) is 4.74 Å². The lowest BCUT2D eigenvalue weighted by molar-refractivity contribution is -0.150. The SMILES string of the molecule is CCOC(=O)C(CCc1ccccc1)N[C@@H](C)C(=O)N1C[C@@H](C2SCCS2)C[C@H]1C(=O)O. The number of esters is 1. The van der Waals surface area contributed by atoms with Crippen molar-refractivity contribution in [2.75, 3.05) is 24.7 Å². The lowest BCUT2D eigenvalue weighted by Crippen LogP contribution is -2.53. The number of ether oxygens (including phenoxy) is 1. The summed E-state index contributed by atoms with van der Waals surface area (Å²) in [5, 5.41) is 12.8. The average molecular weight is 481 g/mol. The van der Waals surface area contributed by atoms with Crippen molar-refractivity contribution >= 4 is 41.4 Å². The van der Waals surface area contributed by atoms with Crippen LogP contribution in [0.25, 0.3) is 0 Å². The number of hydrogen-bond acceptors (Lipinski definition) is 7. The van der Waals surface area contributed by atoms with Gasteiger partial charge in [-0.05, 0) is 38.7 Å². The predicted octanol–water partition coefficient (Wildman–Crippen LogP) is 2.64. The van der Waals surface area contributed by atoms with Crippen molar-refractivity contribution in [3.8, 4) is 0 Å². The molecule has 1 aromatic carbocycles. The van der Waals surface area contributed by atoms with Gasteiger partial charge in [0.1, 0.15) is 12.1 Å². The molecule has 2 fully saturated rings. The van der Waals surface area contributed by atoms with Crippen LogP contribution in [0.2, 0.25) is 0 Å². The molecule has 1 aromatic rings. The van der Waals surface area contributed by atoms with Gasteiger partial charge in [0.2, 0.25) is 5.91 Å². The summed E-state index contributed by atoms with van der Waals surface area (Å²) in [7, 11) is 0. The number of carboxylic acids is 1. The van der Waals surface area contributed by atoms with Crippen LogP contribution in [0.4, 0.5) is 0 Å². The third-order valence-electron chi connectivity index (χ3n) is 5.89. The minimum atomic E-state index is -0.966. The zero-order valence-electron chi connectivity index (χ0n) is 18.6. The van der Waals surface area contributed by atoms with E-state index < -0.39 is 30.1 Å². The van der Waals surface area contributed by atoms with Crippen LogP contribution in [-0.4, -0.2) is 75.2 Å². The number of carboxylic acid groups (broad SMARTS) is 1. The van der Waals surface area contributed by atoms with Crippen LogP contribution in [0.5, 0.6) is 0 Å². The molecule has 7 nitrogen and oxygen atoms in total. The number of nitrogens with zero attached hydrogens (tertiary/aromatic N) is 1. The van der Waals surface area contributed by atoms with E-state index in [1.807, 2.05) is 53.9 Å². The Morgan fingerprint density at radius 3 is 2.53 bits per heavy atom. The Bertz CT molecular complexity index is 788. The van der Waals surface area contributed by atoms with E-state index in [-0.39, 0.29) is 18.4 Å². The number of carbonyl (C=O) groups is 3. The first-order valence-electron chi connectivity index (χ1n) is 11.1. The lowest BCUT2D eigenvalue weighted by Gasteiger charge is -2.28. The lowest BCUT2D eigenvalue weighted by atomic mass is 10.0. The molecule has 32 heavy (non-hydrogen) atoms. The molecule has 2 aliphatic heterocycles. The fraction of sp³-hybridized carbons (Fsp3) is 0.609. The number of rotatable bonds is 10. The summed E-state index contributed by atoms with van der Waals surface area (Å²) in [6.07, 6.45) is 1.63. The van der Waals surface area contributed by atoms with E-state index >= 15 is 0 Å². The van der Waals surface area contributed by atoms with Gasteiger partial charge in [-0.15, -0.1) is 23.5 Å². The van der Waals surface area contributed by atoms with Crippen LogP contribution >= 0.6 is 23.5 Å². The summed E-state index contributed by atoms with van der Waals surface area (Å²) >= 11 is 3.71. The van der Waals surface area contributed by atoms with Crippen LogP contribution in [0.1, 0.15) is 32.3 Å². The highest BCUT2D eigenvalue weighted by Crippen LogP contribution is 2.42. The Hall–Kier alpha value is -1.71. The van der Waals surface area contributed by atoms with Crippen molar-refractivity contribution in [2.24, 2.45) is 5.92 Å². The number of thioether (sulfide) groups is 2. The van der Waals surface area contributed by atoms with Gasteiger partial charge in [-0.2, -0.15) is 0 Å². The standard InChI is InChI=1S/C23H32N2O5S2/c1-3-30-22(29)18(10-9-16-7-5-4-6-8-16)24-15(2)20(26)25-14-17(13-19(25)21(27)28)23-31-11-12-32-23/h4-8,15,17-19,23-24H,3,9-14H2,1-2H3,(H,27,28)/t15-,17-,18?,19-/m0/s1. The molecular formula is C23H32N2O5S2. The molecule has 4 atom stereocenters. The van der Waals surface area contributed by atoms with Crippen molar-refractivity contribution < 1.29 is 24.2 Å². The second-order valence-corrected chi connectivity index (χ2v) is 11.0. The second kappa shape index (κ2) is 12.0. The monoisotopic (exact) mass is 480 g/mol. The number of amides is 1. The zero-order valence-corrected chi connectivity index (χ0v) is 20.2. The van der Waals surface area contributed by atoms with Gasteiger partial charge in [-0.1, -0.05) is 30.3 Å². The normalized spacial score (nSPS) is 23.1. The molecule has 2 saturated heterocycles. The molecule has 0 aromatic heterocycles. The number of aliphatic carboxylic acids is 1. The van der Waals surface area contributed by atoms with E-state index in [0.29, 0.717) is 30.4 Å². The van der Waals surface area contributed by atoms with Gasteiger partial charge in [0.25, 0.3) is 0 Å². The van der Waals surface area contributed by atoms with E-state index in [2.05, 4.69) is 5.32 Å². The van der Waals surface area contributed by atoms with Crippen molar-refractivity contribution in [3.05, 3.63) is 35.9 Å². The van der Waals surface area contributed by atoms with E-state index in [9.17, 15) is 19.5 Å². The Kier molecular flexibility index (Phi) is 9.31. The highest BCUT2D eigenvalue weighted by Gasteiger charge is 2.44. The molecule has 0 spiro atoms. The maximum absolute atomic E-state index is 13.2. The van der Waals surface area contributed by atoms with Gasteiger partial charge >= 0.3 is 11.9 Å². The summed E-state index contributed by atoms with van der Waals surface area (Å²) in [5.41, 5.74) is 1.10. The summed E-state index contributed by atoms with van der Waals surface area (Å²) in [6, 6.07) is 7.69. The van der Waals surface area contributed by atoms with Gasteiger partial charge in [-0.3, -0.25) is 14.9 Å². The molecule has 0 bridgehead atoms. The predicted molar refractivity (Wildman–Crippen MR) is 128 cm³/mol. The Morgan fingerprint density at radius 2 is 1.91 bits per heavy atom. The third kappa shape index (κ3) is 6.42. The average Bonchev–Trinajstić information content (AvgIpc) is 3.46. The van der Waals surface area contributed by atoms with Crippen LogP contribution in [0.3, 0.4) is 0 Å². The molecule has 2 heterocycles. The summed E-state index contributed by atoms with van der Waals surface area (Å²) < 4.78 is 5.56. The van der Waals surface area contributed by atoms with Gasteiger partial charge in [0.05, 0.1) is 17.2 Å². The Morgan fingerprint density at radius 1 is 1.22 bits per heavy atom. The quantitative estimate of drug-likeness (QED) is 0.494. The highest BCUT2D eigenvalue weighted by atomic mass is 32.2. The minimum Gasteiger partial charge on any atom is -0.480 e. The fourth-order valence-electron chi connectivity index (χ4n) is 4.28. The molecule has 3 rings (SSSR count). The van der Waals surface area contributed by atoms with E-state index in [1.54, 1.807) is 13.8 Å². The topological polar surface area (TPSA) is 95.9 Å². The van der Waals surface area contributed by atoms with Crippen molar-refractivity contribution in [2.45, 2.75) is 55.8 Å². The Balaban J connectivity index is 1.65. The number of benzene rings is 1.